The molecule has 0 aromatic carbocycles. The molecule has 1 aliphatic heterocycles. The van der Waals surface area contributed by atoms with Gasteiger partial charge in [-0.2, -0.15) is 10.2 Å². The molecule has 3 fully saturated rings. The lowest BCUT2D eigenvalue weighted by Gasteiger charge is -2.42. The lowest BCUT2D eigenvalue weighted by Crippen LogP contribution is -2.51. The maximum atomic E-state index is 15.9. The third-order valence-electron chi connectivity index (χ3n) is 10.8. The number of rotatable bonds is 17. The largest absolute Gasteiger partial charge is 0.695 e. The number of hydrogen-bond donors (Lipinski definition) is 5. The molecule has 3 aromatic rings. The number of H-pyrrole nitrogens is 1. The van der Waals surface area contributed by atoms with Crippen molar-refractivity contribution < 1.29 is 51.0 Å². The molecule has 58 heavy (non-hydrogen) atoms. The van der Waals surface area contributed by atoms with E-state index in [4.69, 9.17) is 39.1 Å². The Balaban J connectivity index is 1.37. The zero-order valence-electron chi connectivity index (χ0n) is 32.8. The van der Waals surface area contributed by atoms with Crippen molar-refractivity contribution in [3.63, 3.8) is 0 Å². The van der Waals surface area contributed by atoms with Gasteiger partial charge in [0.25, 0.3) is 5.56 Å². The number of nitriles is 1. The lowest BCUT2D eigenvalue weighted by molar-refractivity contribution is -0.118. The van der Waals surface area contributed by atoms with Crippen molar-refractivity contribution in [3.8, 4) is 6.07 Å². The van der Waals surface area contributed by atoms with Gasteiger partial charge in [-0.3, -0.25) is 29.0 Å². The lowest BCUT2D eigenvalue weighted by atomic mass is 10.1. The zero-order valence-corrected chi connectivity index (χ0v) is 36.4. The van der Waals surface area contributed by atoms with E-state index < -0.39 is 95.1 Å². The molecule has 4 heterocycles. The van der Waals surface area contributed by atoms with E-state index in [2.05, 4.69) is 35.6 Å². The second-order valence-corrected chi connectivity index (χ2v) is 24.5. The van der Waals surface area contributed by atoms with Crippen LogP contribution in [-0.4, -0.2) is 109 Å². The normalized spacial score (nSPS) is 29.5. The van der Waals surface area contributed by atoms with Crippen LogP contribution in [0.3, 0.4) is 0 Å². The topological polar surface area (TPSA) is 267 Å². The van der Waals surface area contributed by atoms with E-state index in [1.807, 2.05) is 39.9 Å². The van der Waals surface area contributed by atoms with Crippen molar-refractivity contribution in [2.75, 3.05) is 23.8 Å². The standard InChI is InChI=1S/C33H46FN9O11P2SSi/c1-17(2)28(45)41-31-40-27-22(29(46)42-31)38-16-43(27)30-26(33(24(44)25(33)51-30)54-58(6,7)32(3,4)5)53-56(57,49-12-8-10-35)50-14-18-13-19(21(34)23(18)52-55(47)48)39-20-9-11-36-15-37-20/h9,11,15-19,21,23-26,30,44H,8,12-14H2,1-7H3,(H3-,36,37,39,40,41,42,45,46,47,48)/p+1/t18-,19-,21+,23-,24?,25-,26+,30-,33?,56?/m1/s1. The average molecular weight is 887 g/mol. The maximum Gasteiger partial charge on any atom is 0.695 e. The number of imidazole rings is 1. The number of amides is 1. The first kappa shape index (κ1) is 44.3. The molecule has 0 bridgehead atoms. The Morgan fingerprint density at radius 3 is 2.71 bits per heavy atom. The zero-order chi connectivity index (χ0) is 42.4. The van der Waals surface area contributed by atoms with Crippen LogP contribution in [0, 0.1) is 23.2 Å². The number of carbonyl (C=O) groups excluding carboxylic acids is 1. The SMILES string of the molecule is CC(C)C(=O)Nc1nc2c(ncn2[C@@H]2O[C@@H]3C(O)C3(O[Si](C)(C)C(C)(C)C)[C@H]2OP(=S)(OCCC#N)OC[C@H]2C[C@@H](Nc3ccncn3)[C@H](F)[C@@H]2O[P+](=O)O)c(=O)[nH]1. The molecular weight excluding hydrogens is 840 g/mol. The molecule has 0 spiro atoms. The Bertz CT molecular complexity index is 2160. The summed E-state index contributed by atoms with van der Waals surface area (Å²) in [6.45, 7) is 8.66. The third-order valence-corrected chi connectivity index (χ3v) is 18.0. The maximum absolute atomic E-state index is 15.9. The van der Waals surface area contributed by atoms with Gasteiger partial charge in [-0.05, 0) is 42.4 Å². The number of halogens is 1. The number of aromatic amines is 1. The third kappa shape index (κ3) is 8.94. The predicted octanol–water partition coefficient (Wildman–Crippen LogP) is 3.97. The molecule has 3 aromatic heterocycles. The molecule has 1 amide bonds. The van der Waals surface area contributed by atoms with Crippen LogP contribution in [0.4, 0.5) is 16.2 Å². The molecule has 3 aliphatic rings. The number of anilines is 2. The van der Waals surface area contributed by atoms with Gasteiger partial charge in [-0.1, -0.05) is 34.6 Å². The van der Waals surface area contributed by atoms with Gasteiger partial charge >= 0.3 is 15.0 Å². The Labute approximate surface area is 339 Å². The Morgan fingerprint density at radius 2 is 2.07 bits per heavy atom. The number of aliphatic hydroxyl groups is 1. The van der Waals surface area contributed by atoms with E-state index in [1.165, 1.54) is 29.5 Å². The van der Waals surface area contributed by atoms with E-state index in [-0.39, 0.29) is 48.2 Å². The van der Waals surface area contributed by atoms with Gasteiger partial charge < -0.3 is 28.6 Å². The minimum Gasteiger partial charge on any atom is -0.403 e. The summed E-state index contributed by atoms with van der Waals surface area (Å²) in [6, 6.07) is 2.59. The fraction of sp³-hybridized carbons (Fsp3) is 0.667. The van der Waals surface area contributed by atoms with E-state index in [1.54, 1.807) is 13.8 Å². The Morgan fingerprint density at radius 1 is 1.33 bits per heavy atom. The molecule has 11 atom stereocenters. The first-order valence-electron chi connectivity index (χ1n) is 18.5. The number of aromatic nitrogens is 6. The molecule has 6 rings (SSSR count). The van der Waals surface area contributed by atoms with Crippen molar-refractivity contribution in [3.05, 3.63) is 35.3 Å². The highest BCUT2D eigenvalue weighted by molar-refractivity contribution is 8.07. The van der Waals surface area contributed by atoms with Gasteiger partial charge in [0.1, 0.15) is 36.1 Å². The summed E-state index contributed by atoms with van der Waals surface area (Å²) < 4.78 is 66.6. The Hall–Kier alpha value is -3.23. The van der Waals surface area contributed by atoms with Crippen LogP contribution in [0.2, 0.25) is 18.1 Å². The van der Waals surface area contributed by atoms with Gasteiger partial charge in [0.15, 0.2) is 38.0 Å². The average Bonchev–Trinajstić information content (AvgIpc) is 3.46. The van der Waals surface area contributed by atoms with Crippen molar-refractivity contribution in [2.24, 2.45) is 11.8 Å². The fourth-order valence-electron chi connectivity index (χ4n) is 6.66. The molecule has 2 aliphatic carbocycles. The highest BCUT2D eigenvalue weighted by Gasteiger charge is 2.81. The van der Waals surface area contributed by atoms with E-state index in [0.717, 1.165) is 0 Å². The second-order valence-electron chi connectivity index (χ2n) is 16.1. The summed E-state index contributed by atoms with van der Waals surface area (Å²) in [5.74, 6) is -1.52. The van der Waals surface area contributed by atoms with Crippen LogP contribution in [0.25, 0.3) is 11.2 Å². The predicted molar refractivity (Wildman–Crippen MR) is 211 cm³/mol. The van der Waals surface area contributed by atoms with Crippen molar-refractivity contribution in [1.82, 2.24) is 29.5 Å². The first-order chi connectivity index (χ1) is 27.2. The number of aliphatic hydroxyl groups excluding tert-OH is 1. The summed E-state index contributed by atoms with van der Waals surface area (Å²) in [6.07, 6.45) is -3.98. The quantitative estimate of drug-likeness (QED) is 0.0729. The highest BCUT2D eigenvalue weighted by atomic mass is 32.5. The first-order valence-corrected chi connectivity index (χ1v) is 25.1. The van der Waals surface area contributed by atoms with Crippen LogP contribution in [0.15, 0.2) is 29.7 Å². The minimum absolute atomic E-state index is 0.000399. The van der Waals surface area contributed by atoms with Crippen molar-refractivity contribution in [1.29, 1.82) is 5.26 Å². The number of nitrogens with one attached hydrogen (secondary N) is 3. The second kappa shape index (κ2) is 17.0. The van der Waals surface area contributed by atoms with Gasteiger partial charge in [0, 0.05) is 22.6 Å². The Kier molecular flexibility index (Phi) is 13.0. The summed E-state index contributed by atoms with van der Waals surface area (Å²) in [7, 11) is -5.98. The highest BCUT2D eigenvalue weighted by Crippen LogP contribution is 2.65. The van der Waals surface area contributed by atoms with Crippen LogP contribution in [0.5, 0.6) is 0 Å². The molecule has 4 unspecified atom stereocenters. The van der Waals surface area contributed by atoms with Crippen LogP contribution < -0.4 is 16.2 Å². The molecular formula is C33H47FN9O11P2SSi+. The van der Waals surface area contributed by atoms with Crippen LogP contribution in [-0.2, 0) is 48.4 Å². The summed E-state index contributed by atoms with van der Waals surface area (Å²) in [5, 5.41) is 26.1. The van der Waals surface area contributed by atoms with E-state index in [9.17, 15) is 29.4 Å². The molecule has 0 radical (unpaired) electrons. The van der Waals surface area contributed by atoms with Gasteiger partial charge in [0.05, 0.1) is 38.1 Å². The molecule has 5 N–H and O–H groups in total. The van der Waals surface area contributed by atoms with Crippen molar-refractivity contribution >= 4 is 63.9 Å². The van der Waals surface area contributed by atoms with E-state index in [0.29, 0.717) is 5.82 Å². The molecule has 25 heteroatoms. The van der Waals surface area contributed by atoms with E-state index >= 15 is 4.39 Å². The number of ether oxygens (including phenoxy) is 1. The van der Waals surface area contributed by atoms with Crippen LogP contribution >= 0.6 is 15.0 Å². The number of hydrogen-bond acceptors (Lipinski definition) is 17. The van der Waals surface area contributed by atoms with Gasteiger partial charge in [-0.15, -0.1) is 9.42 Å². The molecule has 316 valence electrons. The summed E-state index contributed by atoms with van der Waals surface area (Å²) in [5.41, 5.74) is -2.29. The van der Waals surface area contributed by atoms with Gasteiger partial charge in [-0.25, -0.2) is 19.3 Å². The minimum atomic E-state index is -4.06. The molecule has 1 saturated heterocycles. The number of nitrogens with zero attached hydrogens (tertiary/aromatic N) is 6. The number of alkyl halides is 1. The summed E-state index contributed by atoms with van der Waals surface area (Å²) in [4.78, 5) is 54.5. The van der Waals surface area contributed by atoms with Gasteiger partial charge in [0.2, 0.25) is 11.9 Å². The van der Waals surface area contributed by atoms with Crippen molar-refractivity contribution in [2.45, 2.75) is 114 Å². The number of carbonyl (C=O) groups is 1. The fourth-order valence-corrected chi connectivity index (χ4v) is 10.8. The monoisotopic (exact) mass is 886 g/mol. The molecule has 20 nitrogen and oxygen atoms in total. The number of fused-ring (bicyclic) bond motifs is 2. The summed E-state index contributed by atoms with van der Waals surface area (Å²) >= 11 is 5.98. The van der Waals surface area contributed by atoms with Crippen LogP contribution in [0.1, 0.15) is 53.7 Å². The smallest absolute Gasteiger partial charge is 0.403 e. The molecule has 2 saturated carbocycles.